The molecule has 15 heavy (non-hydrogen) atoms. The fourth-order valence-corrected chi connectivity index (χ4v) is 0.875. The van der Waals surface area contributed by atoms with Crippen LogP contribution in [0.1, 0.15) is 5.56 Å². The Morgan fingerprint density at radius 2 is 1.87 bits per heavy atom. The molecule has 6 heteroatoms. The van der Waals surface area contributed by atoms with E-state index in [9.17, 15) is 14.9 Å². The first-order valence-electron chi connectivity index (χ1n) is 3.75. The minimum Gasteiger partial charge on any atom is -0.478 e. The van der Waals surface area contributed by atoms with Gasteiger partial charge in [0, 0.05) is 37.7 Å². The van der Waals surface area contributed by atoms with Gasteiger partial charge in [0.1, 0.15) is 0 Å². The van der Waals surface area contributed by atoms with Gasteiger partial charge in [0.05, 0.1) is 4.92 Å². The first-order chi connectivity index (χ1) is 6.59. The van der Waals surface area contributed by atoms with Crippen molar-refractivity contribution in [2.75, 3.05) is 0 Å². The number of rotatable bonds is 3. The molecule has 1 aromatic carbocycles. The maximum absolute atomic E-state index is 10.3. The van der Waals surface area contributed by atoms with Gasteiger partial charge in [-0.2, -0.15) is 0 Å². The van der Waals surface area contributed by atoms with Crippen LogP contribution in [0.5, 0.6) is 0 Å². The smallest absolute Gasteiger partial charge is 0.328 e. The van der Waals surface area contributed by atoms with Gasteiger partial charge in [0.15, 0.2) is 0 Å². The summed E-state index contributed by atoms with van der Waals surface area (Å²) in [6, 6.07) is 5.61. The topological polar surface area (TPSA) is 80.4 Å². The number of non-ortho nitro benzene ring substituents is 1. The van der Waals surface area contributed by atoms with Gasteiger partial charge in [-0.3, -0.25) is 10.1 Å². The Kier molecular flexibility index (Phi) is 5.41. The van der Waals surface area contributed by atoms with Gasteiger partial charge < -0.3 is 5.11 Å². The van der Waals surface area contributed by atoms with Gasteiger partial charge >= 0.3 is 5.97 Å². The summed E-state index contributed by atoms with van der Waals surface area (Å²) in [5.41, 5.74) is 0.593. The summed E-state index contributed by atoms with van der Waals surface area (Å²) in [5.74, 6) is -1.05. The fourth-order valence-electron chi connectivity index (χ4n) is 0.875. The van der Waals surface area contributed by atoms with Crippen LogP contribution in [0.3, 0.4) is 0 Å². The molecule has 0 saturated heterocycles. The molecule has 0 aliphatic heterocycles. The van der Waals surface area contributed by atoms with Crippen molar-refractivity contribution >= 4 is 17.7 Å². The van der Waals surface area contributed by atoms with Crippen LogP contribution in [0.4, 0.5) is 5.69 Å². The molecule has 1 N–H and O–H groups in total. The number of carboxylic acid groups (broad SMARTS) is 1. The Hall–Kier alpha value is -1.55. The third kappa shape index (κ3) is 4.47. The standard InChI is InChI=1S/C9H7NO4.Zn/c11-9(12)6-3-7-1-4-8(5-2-7)10(13)14;/h1-6H,(H,11,12);/b6-3+;. The van der Waals surface area contributed by atoms with Crippen LogP contribution in [0.2, 0.25) is 0 Å². The van der Waals surface area contributed by atoms with E-state index in [1.807, 2.05) is 0 Å². The predicted molar refractivity (Wildman–Crippen MR) is 49.8 cm³/mol. The normalized spacial score (nSPS) is 9.60. The van der Waals surface area contributed by atoms with Gasteiger partial charge in [0.25, 0.3) is 5.69 Å². The molecule has 0 radical (unpaired) electrons. The number of nitro groups is 1. The molecule has 74 valence electrons. The van der Waals surface area contributed by atoms with Crippen molar-refractivity contribution in [3.8, 4) is 0 Å². The summed E-state index contributed by atoms with van der Waals surface area (Å²) < 4.78 is 0. The average molecular weight is 259 g/mol. The molecule has 0 aliphatic rings. The van der Waals surface area contributed by atoms with Gasteiger partial charge in [-0.05, 0) is 23.8 Å². The first kappa shape index (κ1) is 13.5. The van der Waals surface area contributed by atoms with Gasteiger partial charge in [0.2, 0.25) is 0 Å². The zero-order valence-electron chi connectivity index (χ0n) is 7.79. The van der Waals surface area contributed by atoms with Crippen molar-refractivity contribution in [2.45, 2.75) is 0 Å². The summed E-state index contributed by atoms with van der Waals surface area (Å²) in [7, 11) is 0. The number of aliphatic carboxylic acids is 1. The van der Waals surface area contributed by atoms with Crippen molar-refractivity contribution in [2.24, 2.45) is 0 Å². The molecular formula is C9H7NO4Zn. The first-order valence-corrected chi connectivity index (χ1v) is 3.75. The van der Waals surface area contributed by atoms with E-state index in [4.69, 9.17) is 5.11 Å². The number of carboxylic acids is 1. The summed E-state index contributed by atoms with van der Waals surface area (Å²) in [6.07, 6.45) is 2.34. The molecule has 0 amide bonds. The molecule has 0 unspecified atom stereocenters. The summed E-state index contributed by atoms with van der Waals surface area (Å²) >= 11 is 0. The van der Waals surface area contributed by atoms with E-state index in [2.05, 4.69) is 0 Å². The van der Waals surface area contributed by atoms with Crippen LogP contribution in [-0.4, -0.2) is 16.0 Å². The molecule has 0 spiro atoms. The van der Waals surface area contributed by atoms with E-state index in [0.717, 1.165) is 6.08 Å². The van der Waals surface area contributed by atoms with Crippen LogP contribution in [0, 0.1) is 10.1 Å². The third-order valence-corrected chi connectivity index (χ3v) is 1.52. The number of nitrogens with zero attached hydrogens (tertiary/aromatic N) is 1. The van der Waals surface area contributed by atoms with Crippen LogP contribution in [-0.2, 0) is 24.3 Å². The van der Waals surface area contributed by atoms with Gasteiger partial charge in [-0.15, -0.1) is 0 Å². The zero-order chi connectivity index (χ0) is 10.6. The minimum atomic E-state index is -1.05. The van der Waals surface area contributed by atoms with E-state index in [1.165, 1.54) is 30.3 Å². The Morgan fingerprint density at radius 3 is 2.27 bits per heavy atom. The predicted octanol–water partition coefficient (Wildman–Crippen LogP) is 1.69. The molecule has 0 aliphatic carbocycles. The molecule has 0 bridgehead atoms. The summed E-state index contributed by atoms with van der Waals surface area (Å²) in [6.45, 7) is 0. The summed E-state index contributed by atoms with van der Waals surface area (Å²) in [4.78, 5) is 19.9. The molecule has 5 nitrogen and oxygen atoms in total. The molecule has 1 rings (SSSR count). The molecule has 0 atom stereocenters. The molecule has 0 aromatic heterocycles. The van der Waals surface area contributed by atoms with Crippen molar-refractivity contribution in [1.29, 1.82) is 0 Å². The molecule has 0 heterocycles. The van der Waals surface area contributed by atoms with Crippen molar-refractivity contribution in [1.82, 2.24) is 0 Å². The van der Waals surface area contributed by atoms with Crippen LogP contribution >= 0.6 is 0 Å². The van der Waals surface area contributed by atoms with Crippen molar-refractivity contribution in [3.05, 3.63) is 46.0 Å². The number of hydrogen-bond donors (Lipinski definition) is 1. The second kappa shape index (κ2) is 6.03. The SMILES string of the molecule is O=C(O)/C=C/c1ccc([N+](=O)[O-])cc1.[Zn]. The maximum Gasteiger partial charge on any atom is 0.328 e. The van der Waals surface area contributed by atoms with Gasteiger partial charge in [-0.25, -0.2) is 4.79 Å². The van der Waals surface area contributed by atoms with E-state index < -0.39 is 10.9 Å². The van der Waals surface area contributed by atoms with Crippen molar-refractivity contribution in [3.63, 3.8) is 0 Å². The zero-order valence-corrected chi connectivity index (χ0v) is 10.8. The Morgan fingerprint density at radius 1 is 1.33 bits per heavy atom. The van der Waals surface area contributed by atoms with Crippen LogP contribution in [0.25, 0.3) is 6.08 Å². The minimum absolute atomic E-state index is 0. The quantitative estimate of drug-likeness (QED) is 0.387. The van der Waals surface area contributed by atoms with Gasteiger partial charge in [-0.1, -0.05) is 0 Å². The number of benzene rings is 1. The number of nitro benzene ring substituents is 1. The van der Waals surface area contributed by atoms with E-state index >= 15 is 0 Å². The number of carbonyl (C=O) groups is 1. The van der Waals surface area contributed by atoms with E-state index in [0.29, 0.717) is 5.56 Å². The molecular weight excluding hydrogens is 251 g/mol. The average Bonchev–Trinajstić information content (AvgIpc) is 2.15. The van der Waals surface area contributed by atoms with E-state index in [-0.39, 0.29) is 25.2 Å². The second-order valence-corrected chi connectivity index (χ2v) is 2.52. The molecule has 0 saturated carbocycles. The Balaban J connectivity index is 0.00000196. The van der Waals surface area contributed by atoms with Crippen molar-refractivity contribution < 1.29 is 34.3 Å². The monoisotopic (exact) mass is 257 g/mol. The fraction of sp³-hybridized carbons (Fsp3) is 0. The van der Waals surface area contributed by atoms with E-state index in [1.54, 1.807) is 0 Å². The summed E-state index contributed by atoms with van der Waals surface area (Å²) in [5, 5.41) is 18.6. The Bertz CT molecular complexity index is 386. The Labute approximate surface area is 98.3 Å². The van der Waals surface area contributed by atoms with Crippen LogP contribution in [0.15, 0.2) is 30.3 Å². The molecule has 1 aromatic rings. The third-order valence-electron chi connectivity index (χ3n) is 1.52. The largest absolute Gasteiger partial charge is 0.478 e. The molecule has 0 fully saturated rings. The number of hydrogen-bond acceptors (Lipinski definition) is 3. The van der Waals surface area contributed by atoms with Crippen LogP contribution < -0.4 is 0 Å². The maximum atomic E-state index is 10.3. The second-order valence-electron chi connectivity index (χ2n) is 2.52.